The lowest BCUT2D eigenvalue weighted by Gasteiger charge is -2.29. The Balaban J connectivity index is 3.48. The molecule has 0 aliphatic heterocycles. The number of nitrogens with zero attached hydrogens (tertiary/aromatic N) is 4. The maximum Gasteiger partial charge on any atom is 0.382 e. The van der Waals surface area contributed by atoms with Gasteiger partial charge >= 0.3 is 5.82 Å². The molecule has 0 bridgehead atoms. The van der Waals surface area contributed by atoms with Crippen molar-refractivity contribution in [2.75, 3.05) is 7.05 Å². The number of aryl methyl sites for hydroxylation is 1. The number of hydrogen-bond acceptors (Lipinski definition) is 6. The first-order chi connectivity index (χ1) is 10.2. The fourth-order valence-electron chi connectivity index (χ4n) is 2.23. The van der Waals surface area contributed by atoms with Crippen LogP contribution < -0.4 is 5.32 Å². The van der Waals surface area contributed by atoms with Crippen molar-refractivity contribution in [2.45, 2.75) is 34.1 Å². The number of carbonyl (C=O) groups excluding carboxylic acids is 1. The second-order valence-corrected chi connectivity index (χ2v) is 5.87. The third kappa shape index (κ3) is 3.41. The molecule has 0 aromatic carbocycles. The van der Waals surface area contributed by atoms with Crippen LogP contribution in [0.2, 0.25) is 0 Å². The Hall–Kier alpha value is -2.45. The number of nitrogens with one attached hydrogen (secondary N) is 1. The summed E-state index contributed by atoms with van der Waals surface area (Å²) in [6.45, 7) is 7.21. The molecule has 22 heavy (non-hydrogen) atoms. The van der Waals surface area contributed by atoms with E-state index in [1.165, 1.54) is 11.6 Å². The molecule has 9 nitrogen and oxygen atoms in total. The highest BCUT2D eigenvalue weighted by Gasteiger charge is 2.38. The van der Waals surface area contributed by atoms with Crippen LogP contribution in [-0.2, 0) is 11.2 Å². The summed E-state index contributed by atoms with van der Waals surface area (Å²) in [6, 6.07) is 0. The monoisotopic (exact) mass is 311 g/mol. The largest absolute Gasteiger partial charge is 0.409 e. The normalized spacial score (nSPS) is 13.8. The van der Waals surface area contributed by atoms with Gasteiger partial charge in [0.05, 0.1) is 0 Å². The minimum atomic E-state index is -0.804. The zero-order chi connectivity index (χ0) is 17.1. The first-order valence-electron chi connectivity index (χ1n) is 6.83. The van der Waals surface area contributed by atoms with E-state index in [0.717, 1.165) is 6.20 Å². The van der Waals surface area contributed by atoms with E-state index in [4.69, 9.17) is 0 Å². The number of rotatable bonds is 4. The molecule has 9 heteroatoms. The van der Waals surface area contributed by atoms with Crippen molar-refractivity contribution in [3.63, 3.8) is 0 Å². The summed E-state index contributed by atoms with van der Waals surface area (Å²) in [7, 11) is 1.48. The molecule has 1 rings (SSSR count). The lowest BCUT2D eigenvalue weighted by atomic mass is 9.79. The summed E-state index contributed by atoms with van der Waals surface area (Å²) >= 11 is 0. The van der Waals surface area contributed by atoms with Crippen molar-refractivity contribution in [3.8, 4) is 0 Å². The standard InChI is InChI=1S/C13H21N5O4/c1-6-8-15-9(18(21)22)7-17(8)11(16-20)10(12(19)14-5)13(2,3)4/h7,10,20H,6H2,1-5H3,(H,14,19). The Morgan fingerprint density at radius 1 is 1.59 bits per heavy atom. The Morgan fingerprint density at radius 3 is 2.55 bits per heavy atom. The van der Waals surface area contributed by atoms with Crippen LogP contribution in [0.15, 0.2) is 11.4 Å². The molecule has 1 heterocycles. The number of oxime groups is 1. The van der Waals surface area contributed by atoms with Crippen LogP contribution in [0.5, 0.6) is 0 Å². The van der Waals surface area contributed by atoms with Crippen LogP contribution in [0.4, 0.5) is 5.82 Å². The van der Waals surface area contributed by atoms with Crippen molar-refractivity contribution in [2.24, 2.45) is 16.5 Å². The second-order valence-electron chi connectivity index (χ2n) is 5.87. The van der Waals surface area contributed by atoms with Gasteiger partial charge in [-0.1, -0.05) is 32.9 Å². The quantitative estimate of drug-likeness (QED) is 0.286. The van der Waals surface area contributed by atoms with Crippen LogP contribution in [0.1, 0.15) is 33.5 Å². The average molecular weight is 311 g/mol. The van der Waals surface area contributed by atoms with Gasteiger partial charge in [-0.2, -0.15) is 0 Å². The van der Waals surface area contributed by atoms with E-state index in [9.17, 15) is 20.1 Å². The molecule has 1 amide bonds. The molecule has 0 spiro atoms. The number of amides is 1. The molecule has 122 valence electrons. The molecule has 2 N–H and O–H groups in total. The predicted octanol–water partition coefficient (Wildman–Crippen LogP) is 1.40. The zero-order valence-electron chi connectivity index (χ0n) is 13.3. The Kier molecular flexibility index (Phi) is 5.23. The third-order valence-corrected chi connectivity index (χ3v) is 3.25. The number of imidazole rings is 1. The first-order valence-corrected chi connectivity index (χ1v) is 6.83. The van der Waals surface area contributed by atoms with E-state index in [-0.39, 0.29) is 17.6 Å². The minimum absolute atomic E-state index is 0.00398. The van der Waals surface area contributed by atoms with E-state index >= 15 is 0 Å². The van der Waals surface area contributed by atoms with Gasteiger partial charge in [0.15, 0.2) is 5.84 Å². The van der Waals surface area contributed by atoms with Crippen molar-refractivity contribution >= 4 is 17.6 Å². The summed E-state index contributed by atoms with van der Waals surface area (Å²) in [5.74, 6) is -1.16. The molecule has 0 saturated carbocycles. The van der Waals surface area contributed by atoms with E-state index in [2.05, 4.69) is 15.5 Å². The van der Waals surface area contributed by atoms with Gasteiger partial charge in [-0.15, -0.1) is 0 Å². The molecule has 0 fully saturated rings. The number of aromatic nitrogens is 2. The van der Waals surface area contributed by atoms with Gasteiger partial charge < -0.3 is 20.6 Å². The van der Waals surface area contributed by atoms with Crippen LogP contribution >= 0.6 is 0 Å². The summed E-state index contributed by atoms with van der Waals surface area (Å²) in [5.41, 5.74) is -0.564. The molecule has 0 saturated heterocycles. The van der Waals surface area contributed by atoms with Crippen molar-refractivity contribution < 1.29 is 14.9 Å². The van der Waals surface area contributed by atoms with Crippen LogP contribution in [0, 0.1) is 21.4 Å². The summed E-state index contributed by atoms with van der Waals surface area (Å²) in [5, 5.41) is 26.1. The first kappa shape index (κ1) is 17.6. The Labute approximate surface area is 128 Å². The minimum Gasteiger partial charge on any atom is -0.409 e. The van der Waals surface area contributed by atoms with E-state index in [0.29, 0.717) is 12.2 Å². The maximum atomic E-state index is 12.2. The van der Waals surface area contributed by atoms with Gasteiger partial charge in [0.1, 0.15) is 12.1 Å². The van der Waals surface area contributed by atoms with Gasteiger partial charge in [-0.25, -0.2) is 0 Å². The number of nitro groups is 1. The predicted molar refractivity (Wildman–Crippen MR) is 79.9 cm³/mol. The molecular weight excluding hydrogens is 290 g/mol. The molecule has 1 aromatic heterocycles. The summed E-state index contributed by atoms with van der Waals surface area (Å²) in [6.07, 6.45) is 1.55. The van der Waals surface area contributed by atoms with Crippen LogP contribution in [-0.4, -0.2) is 38.5 Å². The molecule has 1 unspecified atom stereocenters. The fourth-order valence-corrected chi connectivity index (χ4v) is 2.23. The average Bonchev–Trinajstić information content (AvgIpc) is 2.86. The van der Waals surface area contributed by atoms with Crippen molar-refractivity contribution in [1.82, 2.24) is 14.9 Å². The van der Waals surface area contributed by atoms with Gasteiger partial charge in [0, 0.05) is 13.5 Å². The fraction of sp³-hybridized carbons (Fsp3) is 0.615. The summed E-state index contributed by atoms with van der Waals surface area (Å²) in [4.78, 5) is 26.4. The third-order valence-electron chi connectivity index (χ3n) is 3.25. The van der Waals surface area contributed by atoms with Crippen molar-refractivity contribution in [3.05, 3.63) is 22.1 Å². The SMILES string of the molecule is CCc1nc([N+](=O)[O-])cn1C(=NO)C(C(=O)NC)C(C)(C)C. The highest BCUT2D eigenvalue weighted by atomic mass is 16.6. The number of carbonyl (C=O) groups is 1. The van der Waals surface area contributed by atoms with Gasteiger partial charge in [0.25, 0.3) is 0 Å². The van der Waals surface area contributed by atoms with Crippen LogP contribution in [0.3, 0.4) is 0 Å². The van der Waals surface area contributed by atoms with Gasteiger partial charge in [-0.05, 0) is 15.3 Å². The topological polar surface area (TPSA) is 123 Å². The number of hydrogen-bond donors (Lipinski definition) is 2. The maximum absolute atomic E-state index is 12.2. The van der Waals surface area contributed by atoms with E-state index in [1.807, 2.05) is 20.8 Å². The van der Waals surface area contributed by atoms with E-state index < -0.39 is 16.3 Å². The Bertz CT molecular complexity index is 600. The highest BCUT2D eigenvalue weighted by Crippen LogP contribution is 2.29. The Morgan fingerprint density at radius 2 is 2.18 bits per heavy atom. The van der Waals surface area contributed by atoms with Crippen molar-refractivity contribution in [1.29, 1.82) is 0 Å². The smallest absolute Gasteiger partial charge is 0.382 e. The molecule has 0 radical (unpaired) electrons. The molecule has 1 aromatic rings. The molecule has 0 aliphatic rings. The van der Waals surface area contributed by atoms with E-state index in [1.54, 1.807) is 6.92 Å². The van der Waals surface area contributed by atoms with Gasteiger partial charge in [-0.3, -0.25) is 9.36 Å². The van der Waals surface area contributed by atoms with Gasteiger partial charge in [0.2, 0.25) is 11.7 Å². The second kappa shape index (κ2) is 6.54. The zero-order valence-corrected chi connectivity index (χ0v) is 13.3. The molecule has 0 aliphatic carbocycles. The lowest BCUT2D eigenvalue weighted by molar-refractivity contribution is -0.389. The lowest BCUT2D eigenvalue weighted by Crippen LogP contribution is -2.44. The summed E-state index contributed by atoms with van der Waals surface area (Å²) < 4.78 is 1.31. The highest BCUT2D eigenvalue weighted by molar-refractivity contribution is 6.04. The molecular formula is C13H21N5O4. The molecule has 1 atom stereocenters. The van der Waals surface area contributed by atoms with Crippen LogP contribution in [0.25, 0.3) is 0 Å².